The Labute approximate surface area is 165 Å². The first-order chi connectivity index (χ1) is 13.7. The standard InChI is InChI=1S/C21H29N3O4/c25-20(23-21(26)22-16-5-1-2-6-16)14-24-10-3-7-17(24)15-8-9-18-19(13-15)28-12-4-11-27-18/h8-9,13,16-17H,1-7,10-12,14H2,(H2,22,23,25,26). The first kappa shape index (κ1) is 19.1. The van der Waals surface area contributed by atoms with Crippen molar-refractivity contribution in [3.05, 3.63) is 23.8 Å². The van der Waals surface area contributed by atoms with Gasteiger partial charge in [0.2, 0.25) is 5.91 Å². The predicted molar refractivity (Wildman–Crippen MR) is 105 cm³/mol. The van der Waals surface area contributed by atoms with Crippen molar-refractivity contribution in [1.82, 2.24) is 15.5 Å². The Morgan fingerprint density at radius 1 is 1.00 bits per heavy atom. The molecule has 1 aliphatic carbocycles. The van der Waals surface area contributed by atoms with Crippen LogP contribution in [0.15, 0.2) is 18.2 Å². The summed E-state index contributed by atoms with van der Waals surface area (Å²) in [5.74, 6) is 1.31. The van der Waals surface area contributed by atoms with Crippen LogP contribution < -0.4 is 20.1 Å². The third kappa shape index (κ3) is 4.58. The molecule has 3 aliphatic rings. The van der Waals surface area contributed by atoms with E-state index in [0.29, 0.717) is 13.2 Å². The number of likely N-dealkylation sites (tertiary alicyclic amines) is 1. The van der Waals surface area contributed by atoms with Crippen molar-refractivity contribution in [3.8, 4) is 11.5 Å². The van der Waals surface area contributed by atoms with Gasteiger partial charge >= 0.3 is 6.03 Å². The third-order valence-corrected chi connectivity index (χ3v) is 5.81. The maximum atomic E-state index is 12.4. The largest absolute Gasteiger partial charge is 0.490 e. The van der Waals surface area contributed by atoms with Crippen molar-refractivity contribution >= 4 is 11.9 Å². The van der Waals surface area contributed by atoms with Crippen LogP contribution >= 0.6 is 0 Å². The van der Waals surface area contributed by atoms with Crippen LogP contribution in [-0.2, 0) is 4.79 Å². The quantitative estimate of drug-likeness (QED) is 0.830. The molecule has 0 aromatic heterocycles. The lowest BCUT2D eigenvalue weighted by Crippen LogP contribution is -2.46. The highest BCUT2D eigenvalue weighted by Gasteiger charge is 2.29. The van der Waals surface area contributed by atoms with Gasteiger partial charge in [0.25, 0.3) is 0 Å². The topological polar surface area (TPSA) is 79.9 Å². The highest BCUT2D eigenvalue weighted by Crippen LogP contribution is 2.37. The van der Waals surface area contributed by atoms with Crippen LogP contribution in [-0.4, -0.2) is 49.2 Å². The smallest absolute Gasteiger partial charge is 0.321 e. The van der Waals surface area contributed by atoms with E-state index in [9.17, 15) is 9.59 Å². The van der Waals surface area contributed by atoms with E-state index in [2.05, 4.69) is 21.6 Å². The molecule has 1 saturated carbocycles. The molecule has 0 spiro atoms. The Morgan fingerprint density at radius 2 is 1.79 bits per heavy atom. The Morgan fingerprint density at radius 3 is 2.61 bits per heavy atom. The minimum Gasteiger partial charge on any atom is -0.490 e. The van der Waals surface area contributed by atoms with Crippen LogP contribution in [0.25, 0.3) is 0 Å². The molecule has 0 radical (unpaired) electrons. The van der Waals surface area contributed by atoms with Gasteiger partial charge in [0.15, 0.2) is 11.5 Å². The summed E-state index contributed by atoms with van der Waals surface area (Å²) in [4.78, 5) is 26.6. The molecule has 0 bridgehead atoms. The summed E-state index contributed by atoms with van der Waals surface area (Å²) in [5.41, 5.74) is 1.13. The molecule has 1 aromatic carbocycles. The van der Waals surface area contributed by atoms with E-state index in [0.717, 1.165) is 68.6 Å². The monoisotopic (exact) mass is 387 g/mol. The zero-order valence-electron chi connectivity index (χ0n) is 16.2. The maximum absolute atomic E-state index is 12.4. The lowest BCUT2D eigenvalue weighted by atomic mass is 10.0. The van der Waals surface area contributed by atoms with E-state index < -0.39 is 0 Å². The molecule has 2 fully saturated rings. The lowest BCUT2D eigenvalue weighted by molar-refractivity contribution is -0.121. The fourth-order valence-electron chi connectivity index (χ4n) is 4.42. The maximum Gasteiger partial charge on any atom is 0.321 e. The highest BCUT2D eigenvalue weighted by atomic mass is 16.5. The number of amides is 3. The van der Waals surface area contributed by atoms with Gasteiger partial charge in [-0.15, -0.1) is 0 Å². The van der Waals surface area contributed by atoms with Crippen LogP contribution in [0.4, 0.5) is 4.79 Å². The summed E-state index contributed by atoms with van der Waals surface area (Å²) in [6.07, 6.45) is 7.18. The van der Waals surface area contributed by atoms with Crippen molar-refractivity contribution in [3.63, 3.8) is 0 Å². The Hall–Kier alpha value is -2.28. The second-order valence-electron chi connectivity index (χ2n) is 7.89. The molecule has 152 valence electrons. The minimum absolute atomic E-state index is 0.154. The van der Waals surface area contributed by atoms with Crippen molar-refractivity contribution in [2.45, 2.75) is 57.0 Å². The number of hydrogen-bond acceptors (Lipinski definition) is 5. The second-order valence-corrected chi connectivity index (χ2v) is 7.89. The first-order valence-corrected chi connectivity index (χ1v) is 10.4. The number of nitrogens with zero attached hydrogens (tertiary/aromatic N) is 1. The summed E-state index contributed by atoms with van der Waals surface area (Å²) in [6.45, 7) is 2.39. The number of benzene rings is 1. The van der Waals surface area contributed by atoms with Crippen LogP contribution in [0, 0.1) is 0 Å². The van der Waals surface area contributed by atoms with Crippen molar-refractivity contribution in [1.29, 1.82) is 0 Å². The molecule has 1 unspecified atom stereocenters. The first-order valence-electron chi connectivity index (χ1n) is 10.4. The zero-order valence-corrected chi connectivity index (χ0v) is 16.2. The number of nitrogens with one attached hydrogen (secondary N) is 2. The molecule has 3 amide bonds. The number of carbonyl (C=O) groups excluding carboxylic acids is 2. The molecule has 1 saturated heterocycles. The average molecular weight is 387 g/mol. The number of ether oxygens (including phenoxy) is 2. The molecule has 2 aliphatic heterocycles. The van der Waals surface area contributed by atoms with E-state index in [1.807, 2.05) is 12.1 Å². The van der Waals surface area contributed by atoms with Gasteiger partial charge in [0.1, 0.15) is 0 Å². The normalized spacial score (nSPS) is 22.6. The van der Waals surface area contributed by atoms with Gasteiger partial charge in [-0.3, -0.25) is 15.0 Å². The van der Waals surface area contributed by atoms with Gasteiger partial charge in [-0.25, -0.2) is 4.79 Å². The van der Waals surface area contributed by atoms with Crippen LogP contribution in [0.5, 0.6) is 11.5 Å². The number of imide groups is 1. The molecular weight excluding hydrogens is 358 g/mol. The van der Waals surface area contributed by atoms with E-state index in [1.165, 1.54) is 0 Å². The zero-order chi connectivity index (χ0) is 19.3. The van der Waals surface area contributed by atoms with E-state index in [1.54, 1.807) is 0 Å². The van der Waals surface area contributed by atoms with E-state index in [4.69, 9.17) is 9.47 Å². The summed E-state index contributed by atoms with van der Waals surface area (Å²) < 4.78 is 11.5. The van der Waals surface area contributed by atoms with Crippen LogP contribution in [0.3, 0.4) is 0 Å². The van der Waals surface area contributed by atoms with Gasteiger partial charge in [-0.05, 0) is 49.9 Å². The minimum atomic E-state index is -0.372. The second kappa shape index (κ2) is 8.82. The van der Waals surface area contributed by atoms with E-state index in [-0.39, 0.29) is 30.6 Å². The lowest BCUT2D eigenvalue weighted by Gasteiger charge is -2.25. The Balaban J connectivity index is 1.35. The molecule has 4 rings (SSSR count). The van der Waals surface area contributed by atoms with Gasteiger partial charge in [-0.1, -0.05) is 18.9 Å². The summed E-state index contributed by atoms with van der Waals surface area (Å²) in [5, 5.41) is 5.39. The van der Waals surface area contributed by atoms with Gasteiger partial charge < -0.3 is 14.8 Å². The number of urea groups is 1. The fraction of sp³-hybridized carbons (Fsp3) is 0.619. The van der Waals surface area contributed by atoms with Crippen LogP contribution in [0.1, 0.15) is 56.6 Å². The molecule has 7 nitrogen and oxygen atoms in total. The molecule has 28 heavy (non-hydrogen) atoms. The summed E-state index contributed by atoms with van der Waals surface area (Å²) in [6, 6.07) is 6.04. The van der Waals surface area contributed by atoms with Crippen molar-refractivity contribution in [2.75, 3.05) is 26.3 Å². The number of fused-ring (bicyclic) bond motifs is 1. The van der Waals surface area contributed by atoms with Crippen molar-refractivity contribution in [2.24, 2.45) is 0 Å². The van der Waals surface area contributed by atoms with Crippen molar-refractivity contribution < 1.29 is 19.1 Å². The van der Waals surface area contributed by atoms with Gasteiger partial charge in [0.05, 0.1) is 19.8 Å². The van der Waals surface area contributed by atoms with Crippen LogP contribution in [0.2, 0.25) is 0 Å². The van der Waals surface area contributed by atoms with Gasteiger partial charge in [-0.2, -0.15) is 0 Å². The third-order valence-electron chi connectivity index (χ3n) is 5.81. The molecule has 7 heteroatoms. The SMILES string of the molecule is O=C(CN1CCCC1c1ccc2c(c1)OCCCO2)NC(=O)NC1CCCC1. The molecule has 1 aromatic rings. The molecule has 2 heterocycles. The number of hydrogen-bond donors (Lipinski definition) is 2. The molecule has 2 N–H and O–H groups in total. The number of rotatable bonds is 4. The summed E-state index contributed by atoms with van der Waals surface area (Å²) >= 11 is 0. The number of carbonyl (C=O) groups is 2. The van der Waals surface area contributed by atoms with Gasteiger partial charge in [0, 0.05) is 18.5 Å². The predicted octanol–water partition coefficient (Wildman–Crippen LogP) is 2.75. The Kier molecular flexibility index (Phi) is 6.00. The molecule has 1 atom stereocenters. The fourth-order valence-corrected chi connectivity index (χ4v) is 4.42. The summed E-state index contributed by atoms with van der Waals surface area (Å²) in [7, 11) is 0. The highest BCUT2D eigenvalue weighted by molar-refractivity contribution is 5.95. The molecular formula is C21H29N3O4. The van der Waals surface area contributed by atoms with E-state index >= 15 is 0 Å². The average Bonchev–Trinajstić information content (AvgIpc) is 3.28. The Bertz CT molecular complexity index is 718.